The zero-order valence-corrected chi connectivity index (χ0v) is 18.4. The summed E-state index contributed by atoms with van der Waals surface area (Å²) in [6.07, 6.45) is 0.102. The number of amides is 1. The molecule has 1 amide bonds. The molecule has 0 unspecified atom stereocenters. The molecule has 0 atom stereocenters. The van der Waals surface area contributed by atoms with Crippen LogP contribution in [-0.4, -0.2) is 68.8 Å². The summed E-state index contributed by atoms with van der Waals surface area (Å²) >= 11 is 0. The predicted octanol–water partition coefficient (Wildman–Crippen LogP) is 1.03. The molecule has 0 bridgehead atoms. The van der Waals surface area contributed by atoms with Crippen LogP contribution in [0.25, 0.3) is 0 Å². The Balaban J connectivity index is 1.22. The summed E-state index contributed by atoms with van der Waals surface area (Å²) in [5.74, 6) is 1.70. The zero-order valence-electron chi connectivity index (χ0n) is 17.6. The van der Waals surface area contributed by atoms with Gasteiger partial charge in [-0.15, -0.1) is 0 Å². The lowest BCUT2D eigenvalue weighted by Crippen LogP contribution is -2.48. The van der Waals surface area contributed by atoms with E-state index in [1.165, 1.54) is 0 Å². The Hall–Kier alpha value is -2.63. The summed E-state index contributed by atoms with van der Waals surface area (Å²) in [5.41, 5.74) is 1.44. The first kappa shape index (κ1) is 21.6. The van der Waals surface area contributed by atoms with Crippen LogP contribution < -0.4 is 14.2 Å². The molecule has 10 nitrogen and oxygen atoms in total. The number of hydrogen-bond donors (Lipinski definition) is 1. The second kappa shape index (κ2) is 8.85. The number of piperazine rings is 1. The van der Waals surface area contributed by atoms with E-state index in [1.54, 1.807) is 18.7 Å². The van der Waals surface area contributed by atoms with Gasteiger partial charge in [0.15, 0.2) is 17.3 Å². The number of aromatic nitrogens is 1. The van der Waals surface area contributed by atoms with Crippen LogP contribution in [0.2, 0.25) is 0 Å². The summed E-state index contributed by atoms with van der Waals surface area (Å²) in [4.78, 5) is 16.6. The van der Waals surface area contributed by atoms with Crippen molar-refractivity contribution < 1.29 is 27.2 Å². The molecule has 11 heteroatoms. The fraction of sp³-hybridized carbons (Fsp3) is 0.500. The van der Waals surface area contributed by atoms with E-state index in [4.69, 9.17) is 14.0 Å². The van der Waals surface area contributed by atoms with Gasteiger partial charge in [0.2, 0.25) is 22.7 Å². The van der Waals surface area contributed by atoms with Crippen LogP contribution in [0.5, 0.6) is 11.5 Å². The minimum atomic E-state index is -3.76. The average Bonchev–Trinajstić information content (AvgIpc) is 3.34. The number of carbonyl (C=O) groups excluding carboxylic acids is 1. The Morgan fingerprint density at radius 1 is 1.13 bits per heavy atom. The first-order valence-corrected chi connectivity index (χ1v) is 11.6. The molecule has 1 aromatic carbocycles. The summed E-state index contributed by atoms with van der Waals surface area (Å²) in [6, 6.07) is 5.93. The second-order valence-electron chi connectivity index (χ2n) is 7.65. The largest absolute Gasteiger partial charge is 0.454 e. The molecule has 2 aliphatic heterocycles. The lowest BCUT2D eigenvalue weighted by molar-refractivity contribution is -0.132. The summed E-state index contributed by atoms with van der Waals surface area (Å²) < 4.78 is 43.0. The van der Waals surface area contributed by atoms with Crippen LogP contribution in [-0.2, 0) is 21.4 Å². The lowest BCUT2D eigenvalue weighted by Gasteiger charge is -2.34. The van der Waals surface area contributed by atoms with E-state index in [0.29, 0.717) is 18.8 Å². The average molecular weight is 451 g/mol. The normalized spacial score (nSPS) is 16.6. The van der Waals surface area contributed by atoms with E-state index in [2.05, 4.69) is 14.8 Å². The van der Waals surface area contributed by atoms with Crippen LogP contribution in [0.3, 0.4) is 0 Å². The van der Waals surface area contributed by atoms with Crippen molar-refractivity contribution in [1.29, 1.82) is 0 Å². The van der Waals surface area contributed by atoms with Crippen molar-refractivity contribution in [2.45, 2.75) is 31.7 Å². The highest BCUT2D eigenvalue weighted by molar-refractivity contribution is 7.89. The molecular weight excluding hydrogens is 424 g/mol. The molecule has 0 radical (unpaired) electrons. The van der Waals surface area contributed by atoms with Gasteiger partial charge in [-0.1, -0.05) is 11.2 Å². The van der Waals surface area contributed by atoms with Crippen LogP contribution in [0.4, 0.5) is 0 Å². The van der Waals surface area contributed by atoms with Crippen molar-refractivity contribution in [3.05, 3.63) is 35.2 Å². The van der Waals surface area contributed by atoms with Crippen molar-refractivity contribution >= 4 is 15.9 Å². The summed E-state index contributed by atoms with van der Waals surface area (Å²) in [6.45, 7) is 6.91. The van der Waals surface area contributed by atoms with Crippen LogP contribution in [0.15, 0.2) is 27.6 Å². The van der Waals surface area contributed by atoms with Gasteiger partial charge in [0.25, 0.3) is 0 Å². The van der Waals surface area contributed by atoms with Crippen LogP contribution in [0.1, 0.15) is 23.4 Å². The van der Waals surface area contributed by atoms with Crippen molar-refractivity contribution in [3.8, 4) is 11.5 Å². The maximum atomic E-state index is 12.5. The van der Waals surface area contributed by atoms with Crippen LogP contribution in [0, 0.1) is 13.8 Å². The van der Waals surface area contributed by atoms with Crippen molar-refractivity contribution in [3.63, 3.8) is 0 Å². The van der Waals surface area contributed by atoms with Gasteiger partial charge in [0, 0.05) is 45.7 Å². The lowest BCUT2D eigenvalue weighted by atomic mass is 10.1. The standard InChI is InChI=1S/C20H26N4O6S/c1-14-20(15(2)30-22-14)31(26,27)21-6-5-19(25)24-9-7-23(8-10-24)12-16-3-4-17-18(11-16)29-13-28-17/h3-4,11,21H,5-10,12-13H2,1-2H3. The van der Waals surface area contributed by atoms with Gasteiger partial charge in [-0.05, 0) is 31.5 Å². The number of carbonyl (C=O) groups is 1. The smallest absolute Gasteiger partial charge is 0.245 e. The minimum Gasteiger partial charge on any atom is -0.454 e. The summed E-state index contributed by atoms with van der Waals surface area (Å²) in [7, 11) is -3.76. The molecule has 1 fully saturated rings. The first-order chi connectivity index (χ1) is 14.8. The molecule has 31 heavy (non-hydrogen) atoms. The Morgan fingerprint density at radius 2 is 1.87 bits per heavy atom. The molecule has 3 heterocycles. The van der Waals surface area contributed by atoms with Gasteiger partial charge in [0.05, 0.1) is 0 Å². The Bertz CT molecular complexity index is 1040. The highest BCUT2D eigenvalue weighted by Gasteiger charge is 2.25. The number of fused-ring (bicyclic) bond motifs is 1. The number of benzene rings is 1. The molecular formula is C20H26N4O6S. The molecule has 0 spiro atoms. The number of sulfonamides is 1. The van der Waals surface area contributed by atoms with Gasteiger partial charge in [0.1, 0.15) is 10.6 Å². The molecule has 2 aliphatic rings. The predicted molar refractivity (Wildman–Crippen MR) is 110 cm³/mol. The third-order valence-electron chi connectivity index (χ3n) is 5.44. The fourth-order valence-corrected chi connectivity index (χ4v) is 5.19. The topological polar surface area (TPSA) is 114 Å². The number of rotatable bonds is 7. The van der Waals surface area contributed by atoms with E-state index in [0.717, 1.165) is 36.7 Å². The van der Waals surface area contributed by atoms with Crippen molar-refractivity contribution in [2.24, 2.45) is 0 Å². The van der Waals surface area contributed by atoms with Gasteiger partial charge in [-0.3, -0.25) is 9.69 Å². The minimum absolute atomic E-state index is 0.0304. The fourth-order valence-electron chi connectivity index (χ4n) is 3.83. The molecule has 1 saturated heterocycles. The van der Waals surface area contributed by atoms with E-state index >= 15 is 0 Å². The molecule has 0 aliphatic carbocycles. The van der Waals surface area contributed by atoms with Gasteiger partial charge >= 0.3 is 0 Å². The van der Waals surface area contributed by atoms with E-state index in [1.807, 2.05) is 18.2 Å². The number of hydrogen-bond acceptors (Lipinski definition) is 8. The Labute approximate surface area is 181 Å². The molecule has 1 N–H and O–H groups in total. The third-order valence-corrected chi connectivity index (χ3v) is 7.14. The molecule has 168 valence electrons. The maximum absolute atomic E-state index is 12.5. The maximum Gasteiger partial charge on any atom is 0.245 e. The first-order valence-electron chi connectivity index (χ1n) is 10.1. The molecule has 1 aromatic heterocycles. The number of nitrogens with zero attached hydrogens (tertiary/aromatic N) is 3. The van der Waals surface area contributed by atoms with Gasteiger partial charge in [-0.2, -0.15) is 0 Å². The quantitative estimate of drug-likeness (QED) is 0.665. The molecule has 2 aromatic rings. The van der Waals surface area contributed by atoms with E-state index in [-0.39, 0.29) is 36.3 Å². The SMILES string of the molecule is Cc1noc(C)c1S(=O)(=O)NCCC(=O)N1CCN(Cc2ccc3c(c2)OCO3)CC1. The second-order valence-corrected chi connectivity index (χ2v) is 9.35. The number of aryl methyl sites for hydroxylation is 2. The monoisotopic (exact) mass is 450 g/mol. The highest BCUT2D eigenvalue weighted by Crippen LogP contribution is 2.32. The van der Waals surface area contributed by atoms with Crippen molar-refractivity contribution in [2.75, 3.05) is 39.5 Å². The number of ether oxygens (including phenoxy) is 2. The zero-order chi connectivity index (χ0) is 22.0. The Morgan fingerprint density at radius 3 is 2.58 bits per heavy atom. The highest BCUT2D eigenvalue weighted by atomic mass is 32.2. The summed E-state index contributed by atoms with van der Waals surface area (Å²) in [5, 5.41) is 3.67. The Kier molecular flexibility index (Phi) is 6.17. The number of nitrogens with one attached hydrogen (secondary N) is 1. The van der Waals surface area contributed by atoms with E-state index in [9.17, 15) is 13.2 Å². The van der Waals surface area contributed by atoms with Crippen LogP contribution >= 0.6 is 0 Å². The molecule has 4 rings (SSSR count). The van der Waals surface area contributed by atoms with E-state index < -0.39 is 10.0 Å². The molecule has 0 saturated carbocycles. The van der Waals surface area contributed by atoms with Gasteiger partial charge < -0.3 is 18.9 Å². The van der Waals surface area contributed by atoms with Gasteiger partial charge in [-0.25, -0.2) is 13.1 Å². The van der Waals surface area contributed by atoms with Crippen molar-refractivity contribution in [1.82, 2.24) is 19.7 Å². The third kappa shape index (κ3) is 4.83.